The normalized spacial score (nSPS) is 16.9. The standard InChI is InChI=1S/C15H28N2O3/c1-5-12(6-2)8-16(7-3)15(20)17-9-13(10-17)11(4)14(18)19/h11-13H,5-10H2,1-4H3,(H,18,19). The molecule has 1 unspecified atom stereocenters. The quantitative estimate of drug-likeness (QED) is 0.781. The third kappa shape index (κ3) is 3.87. The molecule has 0 radical (unpaired) electrons. The number of amides is 2. The van der Waals surface area contributed by atoms with Crippen LogP contribution in [0.15, 0.2) is 0 Å². The Labute approximate surface area is 121 Å². The number of carbonyl (C=O) groups excluding carboxylic acids is 1. The van der Waals surface area contributed by atoms with Crippen molar-refractivity contribution < 1.29 is 14.7 Å². The van der Waals surface area contributed by atoms with Crippen molar-refractivity contribution in [2.45, 2.75) is 40.5 Å². The Bertz CT molecular complexity index is 336. The molecule has 0 bridgehead atoms. The van der Waals surface area contributed by atoms with Crippen LogP contribution in [0.4, 0.5) is 4.79 Å². The van der Waals surface area contributed by atoms with E-state index < -0.39 is 5.97 Å². The van der Waals surface area contributed by atoms with E-state index in [-0.39, 0.29) is 17.9 Å². The number of hydrogen-bond acceptors (Lipinski definition) is 2. The highest BCUT2D eigenvalue weighted by molar-refractivity contribution is 5.76. The highest BCUT2D eigenvalue weighted by atomic mass is 16.4. The van der Waals surface area contributed by atoms with E-state index in [2.05, 4.69) is 13.8 Å². The summed E-state index contributed by atoms with van der Waals surface area (Å²) in [6, 6.07) is 0.0632. The molecule has 0 saturated carbocycles. The molecule has 0 aromatic heterocycles. The summed E-state index contributed by atoms with van der Waals surface area (Å²) in [6.07, 6.45) is 2.16. The molecule has 0 aliphatic carbocycles. The van der Waals surface area contributed by atoms with Gasteiger partial charge >= 0.3 is 12.0 Å². The van der Waals surface area contributed by atoms with Gasteiger partial charge in [0.05, 0.1) is 5.92 Å². The molecule has 0 aromatic rings. The Morgan fingerprint density at radius 1 is 1.25 bits per heavy atom. The van der Waals surface area contributed by atoms with Gasteiger partial charge in [0, 0.05) is 32.1 Å². The fraction of sp³-hybridized carbons (Fsp3) is 0.867. The molecule has 1 aliphatic rings. The summed E-state index contributed by atoms with van der Waals surface area (Å²) in [4.78, 5) is 26.9. The van der Waals surface area contributed by atoms with Crippen molar-refractivity contribution in [2.24, 2.45) is 17.8 Å². The molecule has 5 heteroatoms. The first kappa shape index (κ1) is 16.8. The van der Waals surface area contributed by atoms with Gasteiger partial charge in [0.25, 0.3) is 0 Å². The van der Waals surface area contributed by atoms with Crippen molar-refractivity contribution in [2.75, 3.05) is 26.2 Å². The molecule has 0 spiro atoms. The van der Waals surface area contributed by atoms with Gasteiger partial charge in [-0.2, -0.15) is 0 Å². The van der Waals surface area contributed by atoms with Gasteiger partial charge in [0.1, 0.15) is 0 Å². The summed E-state index contributed by atoms with van der Waals surface area (Å²) in [5.74, 6) is -0.489. The molecule has 1 heterocycles. The maximum atomic E-state index is 12.4. The number of urea groups is 1. The van der Waals surface area contributed by atoms with Crippen LogP contribution < -0.4 is 0 Å². The van der Waals surface area contributed by atoms with Crippen LogP contribution in [0.25, 0.3) is 0 Å². The van der Waals surface area contributed by atoms with Crippen LogP contribution in [0.5, 0.6) is 0 Å². The van der Waals surface area contributed by atoms with Crippen molar-refractivity contribution in [1.82, 2.24) is 9.80 Å². The fourth-order valence-corrected chi connectivity index (χ4v) is 2.59. The van der Waals surface area contributed by atoms with Gasteiger partial charge in [-0.05, 0) is 12.8 Å². The van der Waals surface area contributed by atoms with Gasteiger partial charge < -0.3 is 14.9 Å². The molecule has 2 amide bonds. The van der Waals surface area contributed by atoms with E-state index in [9.17, 15) is 9.59 Å². The molecule has 1 fully saturated rings. The minimum Gasteiger partial charge on any atom is -0.481 e. The maximum absolute atomic E-state index is 12.4. The van der Waals surface area contributed by atoms with E-state index in [0.717, 1.165) is 19.4 Å². The third-order valence-electron chi connectivity index (χ3n) is 4.56. The summed E-state index contributed by atoms with van der Waals surface area (Å²) in [5.41, 5.74) is 0. The highest BCUT2D eigenvalue weighted by Gasteiger charge is 2.38. The molecular weight excluding hydrogens is 256 g/mol. The number of nitrogens with zero attached hydrogens (tertiary/aromatic N) is 2. The topological polar surface area (TPSA) is 60.9 Å². The minimum absolute atomic E-state index is 0.0632. The monoisotopic (exact) mass is 284 g/mol. The summed E-state index contributed by atoms with van der Waals surface area (Å²) in [5, 5.41) is 8.97. The molecule has 1 N–H and O–H groups in total. The van der Waals surface area contributed by atoms with E-state index in [4.69, 9.17) is 5.11 Å². The zero-order valence-corrected chi connectivity index (χ0v) is 13.1. The number of carboxylic acid groups (broad SMARTS) is 1. The minimum atomic E-state index is -0.772. The second-order valence-electron chi connectivity index (χ2n) is 5.80. The molecule has 20 heavy (non-hydrogen) atoms. The largest absolute Gasteiger partial charge is 0.481 e. The van der Waals surface area contributed by atoms with Crippen LogP contribution >= 0.6 is 0 Å². The number of hydrogen-bond donors (Lipinski definition) is 1. The van der Waals surface area contributed by atoms with E-state index in [0.29, 0.717) is 25.6 Å². The highest BCUT2D eigenvalue weighted by Crippen LogP contribution is 2.25. The first-order valence-corrected chi connectivity index (χ1v) is 7.71. The Morgan fingerprint density at radius 2 is 1.80 bits per heavy atom. The smallest absolute Gasteiger partial charge is 0.320 e. The number of likely N-dealkylation sites (tertiary alicyclic amines) is 1. The van der Waals surface area contributed by atoms with Crippen LogP contribution in [-0.2, 0) is 4.79 Å². The number of rotatable bonds is 7. The second kappa shape index (κ2) is 7.50. The van der Waals surface area contributed by atoms with Crippen LogP contribution in [0.1, 0.15) is 40.5 Å². The summed E-state index contributed by atoms with van der Waals surface area (Å²) < 4.78 is 0. The van der Waals surface area contributed by atoms with Crippen molar-refractivity contribution in [3.8, 4) is 0 Å². The fourth-order valence-electron chi connectivity index (χ4n) is 2.59. The molecule has 0 aromatic carbocycles. The number of carboxylic acids is 1. The first-order valence-electron chi connectivity index (χ1n) is 7.71. The average Bonchev–Trinajstić information content (AvgIpc) is 2.38. The lowest BCUT2D eigenvalue weighted by atomic mass is 9.87. The maximum Gasteiger partial charge on any atom is 0.320 e. The molecule has 1 rings (SSSR count). The zero-order chi connectivity index (χ0) is 15.3. The summed E-state index contributed by atoms with van der Waals surface area (Å²) in [7, 11) is 0. The van der Waals surface area contributed by atoms with Gasteiger partial charge in [-0.15, -0.1) is 0 Å². The Hall–Kier alpha value is -1.26. The van der Waals surface area contributed by atoms with Gasteiger partial charge in [0.15, 0.2) is 0 Å². The van der Waals surface area contributed by atoms with E-state index >= 15 is 0 Å². The molecule has 5 nitrogen and oxygen atoms in total. The van der Waals surface area contributed by atoms with Crippen molar-refractivity contribution >= 4 is 12.0 Å². The second-order valence-corrected chi connectivity index (χ2v) is 5.80. The van der Waals surface area contributed by atoms with Crippen molar-refractivity contribution in [3.05, 3.63) is 0 Å². The van der Waals surface area contributed by atoms with Crippen LogP contribution in [0.3, 0.4) is 0 Å². The van der Waals surface area contributed by atoms with Crippen LogP contribution in [-0.4, -0.2) is 53.1 Å². The van der Waals surface area contributed by atoms with Gasteiger partial charge in [-0.1, -0.05) is 33.6 Å². The first-order chi connectivity index (χ1) is 9.44. The molecule has 116 valence electrons. The number of aliphatic carboxylic acids is 1. The van der Waals surface area contributed by atoms with E-state index in [1.807, 2.05) is 11.8 Å². The van der Waals surface area contributed by atoms with Gasteiger partial charge in [0.2, 0.25) is 0 Å². The lowest BCUT2D eigenvalue weighted by molar-refractivity contribution is -0.144. The van der Waals surface area contributed by atoms with Crippen LogP contribution in [0, 0.1) is 17.8 Å². The number of carbonyl (C=O) groups is 2. The molecule has 1 saturated heterocycles. The predicted octanol–water partition coefficient (Wildman–Crippen LogP) is 2.52. The van der Waals surface area contributed by atoms with Crippen LogP contribution in [0.2, 0.25) is 0 Å². The third-order valence-corrected chi connectivity index (χ3v) is 4.56. The Balaban J connectivity index is 2.48. The lowest BCUT2D eigenvalue weighted by Crippen LogP contribution is -2.57. The Morgan fingerprint density at radius 3 is 2.20 bits per heavy atom. The molecule has 1 aliphatic heterocycles. The average molecular weight is 284 g/mol. The summed E-state index contributed by atoms with van der Waals surface area (Å²) in [6.45, 7) is 10.7. The van der Waals surface area contributed by atoms with E-state index in [1.165, 1.54) is 0 Å². The SMILES string of the molecule is CCC(CC)CN(CC)C(=O)N1CC(C(C)C(=O)O)C1. The Kier molecular flexibility index (Phi) is 6.30. The molecule has 1 atom stereocenters. The summed E-state index contributed by atoms with van der Waals surface area (Å²) >= 11 is 0. The van der Waals surface area contributed by atoms with Crippen molar-refractivity contribution in [3.63, 3.8) is 0 Å². The van der Waals surface area contributed by atoms with Crippen molar-refractivity contribution in [1.29, 1.82) is 0 Å². The predicted molar refractivity (Wildman–Crippen MR) is 78.6 cm³/mol. The molecular formula is C15H28N2O3. The van der Waals surface area contributed by atoms with E-state index in [1.54, 1.807) is 11.8 Å². The zero-order valence-electron chi connectivity index (χ0n) is 13.1. The van der Waals surface area contributed by atoms with Gasteiger partial charge in [-0.25, -0.2) is 4.79 Å². The lowest BCUT2D eigenvalue weighted by Gasteiger charge is -2.43. The van der Waals surface area contributed by atoms with Gasteiger partial charge in [-0.3, -0.25) is 4.79 Å².